The summed E-state index contributed by atoms with van der Waals surface area (Å²) in [6, 6.07) is 7.21. The van der Waals surface area contributed by atoms with Crippen molar-refractivity contribution in [3.63, 3.8) is 0 Å². The van der Waals surface area contributed by atoms with Crippen molar-refractivity contribution in [3.05, 3.63) is 69.8 Å². The van der Waals surface area contributed by atoms with Crippen LogP contribution in [0.25, 0.3) is 0 Å². The molecule has 0 bridgehead atoms. The van der Waals surface area contributed by atoms with Crippen LogP contribution in [0.4, 0.5) is 20.2 Å². The average Bonchev–Trinajstić information content (AvgIpc) is 2.57. The molecule has 2 aromatic rings. The van der Waals surface area contributed by atoms with Crippen molar-refractivity contribution < 1.29 is 28.0 Å². The lowest BCUT2D eigenvalue weighted by molar-refractivity contribution is -0.384. The zero-order valence-electron chi connectivity index (χ0n) is 12.9. The molecule has 0 fully saturated rings. The Bertz CT molecular complexity index is 824. The summed E-state index contributed by atoms with van der Waals surface area (Å²) in [5.41, 5.74) is -0.447. The highest BCUT2D eigenvalue weighted by molar-refractivity contribution is 5.97. The average molecular weight is 350 g/mol. The van der Waals surface area contributed by atoms with Crippen LogP contribution in [0.3, 0.4) is 0 Å². The van der Waals surface area contributed by atoms with Gasteiger partial charge in [0.1, 0.15) is 11.6 Å². The van der Waals surface area contributed by atoms with E-state index >= 15 is 0 Å². The van der Waals surface area contributed by atoms with E-state index in [1.807, 2.05) is 0 Å². The van der Waals surface area contributed by atoms with Crippen LogP contribution in [-0.4, -0.2) is 22.9 Å². The highest BCUT2D eigenvalue weighted by atomic mass is 19.1. The number of amides is 1. The maximum Gasteiger partial charge on any atom is 0.338 e. The Hall–Kier alpha value is -3.36. The van der Waals surface area contributed by atoms with Crippen molar-refractivity contribution in [2.24, 2.45) is 0 Å². The van der Waals surface area contributed by atoms with Crippen LogP contribution in [0.5, 0.6) is 0 Å². The second-order valence-corrected chi connectivity index (χ2v) is 4.96. The summed E-state index contributed by atoms with van der Waals surface area (Å²) >= 11 is 0. The first-order chi connectivity index (χ1) is 11.8. The number of hydrogen-bond acceptors (Lipinski definition) is 5. The minimum atomic E-state index is -1.27. The fraction of sp³-hybridized carbons (Fsp3) is 0.125. The number of benzene rings is 2. The molecule has 0 radical (unpaired) electrons. The summed E-state index contributed by atoms with van der Waals surface area (Å²) in [5.74, 6) is -3.46. The lowest BCUT2D eigenvalue weighted by Gasteiger charge is -2.14. The Labute approximate surface area is 140 Å². The van der Waals surface area contributed by atoms with Gasteiger partial charge in [-0.25, -0.2) is 13.6 Å². The molecule has 0 aromatic heterocycles. The molecule has 130 valence electrons. The van der Waals surface area contributed by atoms with Crippen LogP contribution in [0.1, 0.15) is 17.3 Å². The number of halogens is 2. The molecular weight excluding hydrogens is 338 g/mol. The molecule has 2 rings (SSSR count). The number of nitrogens with one attached hydrogen (secondary N) is 1. The molecule has 0 saturated carbocycles. The van der Waals surface area contributed by atoms with Crippen molar-refractivity contribution in [1.82, 2.24) is 0 Å². The number of esters is 1. The molecule has 25 heavy (non-hydrogen) atoms. The Morgan fingerprint density at radius 2 is 1.80 bits per heavy atom. The maximum absolute atomic E-state index is 13.5. The fourth-order valence-corrected chi connectivity index (χ4v) is 1.83. The Morgan fingerprint density at radius 1 is 1.16 bits per heavy atom. The first kappa shape index (κ1) is 18.0. The Balaban J connectivity index is 2.00. The smallest absolute Gasteiger partial charge is 0.338 e. The zero-order chi connectivity index (χ0) is 18.6. The van der Waals surface area contributed by atoms with E-state index in [9.17, 15) is 28.5 Å². The van der Waals surface area contributed by atoms with E-state index in [4.69, 9.17) is 4.74 Å². The van der Waals surface area contributed by atoms with Gasteiger partial charge in [-0.2, -0.15) is 0 Å². The van der Waals surface area contributed by atoms with Crippen LogP contribution >= 0.6 is 0 Å². The van der Waals surface area contributed by atoms with E-state index < -0.39 is 34.5 Å². The highest BCUT2D eigenvalue weighted by Crippen LogP contribution is 2.16. The predicted molar refractivity (Wildman–Crippen MR) is 83.0 cm³/mol. The van der Waals surface area contributed by atoms with Crippen molar-refractivity contribution >= 4 is 23.3 Å². The van der Waals surface area contributed by atoms with Crippen LogP contribution in [0, 0.1) is 21.7 Å². The molecule has 0 aliphatic rings. The van der Waals surface area contributed by atoms with Gasteiger partial charge in [0, 0.05) is 18.2 Å². The largest absolute Gasteiger partial charge is 0.449 e. The van der Waals surface area contributed by atoms with Gasteiger partial charge in [0.25, 0.3) is 11.6 Å². The van der Waals surface area contributed by atoms with Gasteiger partial charge in [-0.1, -0.05) is 0 Å². The lowest BCUT2D eigenvalue weighted by atomic mass is 10.2. The summed E-state index contributed by atoms with van der Waals surface area (Å²) in [6.07, 6.45) is -1.27. The number of nitrogens with zero attached hydrogens (tertiary/aromatic N) is 1. The maximum atomic E-state index is 13.5. The third-order valence-electron chi connectivity index (χ3n) is 3.16. The second-order valence-electron chi connectivity index (χ2n) is 4.96. The number of carbonyl (C=O) groups is 2. The molecule has 0 aliphatic carbocycles. The molecule has 1 N–H and O–H groups in total. The molecule has 1 unspecified atom stereocenters. The Morgan fingerprint density at radius 3 is 2.36 bits per heavy atom. The monoisotopic (exact) mass is 350 g/mol. The van der Waals surface area contributed by atoms with Crippen molar-refractivity contribution in [1.29, 1.82) is 0 Å². The van der Waals surface area contributed by atoms with Crippen molar-refractivity contribution in [2.75, 3.05) is 5.32 Å². The van der Waals surface area contributed by atoms with E-state index in [-0.39, 0.29) is 16.9 Å². The normalized spacial score (nSPS) is 11.5. The van der Waals surface area contributed by atoms with E-state index in [2.05, 4.69) is 5.32 Å². The third-order valence-corrected chi connectivity index (χ3v) is 3.16. The van der Waals surface area contributed by atoms with Gasteiger partial charge in [0.05, 0.1) is 16.2 Å². The fourth-order valence-electron chi connectivity index (χ4n) is 1.83. The molecule has 0 heterocycles. The van der Waals surface area contributed by atoms with Crippen molar-refractivity contribution in [3.8, 4) is 0 Å². The number of anilines is 1. The van der Waals surface area contributed by atoms with Gasteiger partial charge in [0.15, 0.2) is 6.10 Å². The van der Waals surface area contributed by atoms with E-state index in [1.54, 1.807) is 0 Å². The first-order valence-electron chi connectivity index (χ1n) is 6.99. The highest BCUT2D eigenvalue weighted by Gasteiger charge is 2.20. The van der Waals surface area contributed by atoms with Crippen LogP contribution in [0.15, 0.2) is 42.5 Å². The number of carbonyl (C=O) groups excluding carboxylic acids is 2. The minimum Gasteiger partial charge on any atom is -0.449 e. The molecule has 7 nitrogen and oxygen atoms in total. The van der Waals surface area contributed by atoms with Gasteiger partial charge in [-0.05, 0) is 31.2 Å². The van der Waals surface area contributed by atoms with Gasteiger partial charge >= 0.3 is 5.97 Å². The quantitative estimate of drug-likeness (QED) is 0.508. The molecular formula is C16H12F2N2O5. The summed E-state index contributed by atoms with van der Waals surface area (Å²) < 4.78 is 31.2. The number of nitro groups is 1. The summed E-state index contributed by atoms with van der Waals surface area (Å²) in [4.78, 5) is 33.8. The first-order valence-corrected chi connectivity index (χ1v) is 6.99. The third kappa shape index (κ3) is 4.56. The summed E-state index contributed by atoms with van der Waals surface area (Å²) in [7, 11) is 0. The minimum absolute atomic E-state index is 0.0122. The molecule has 0 spiro atoms. The molecule has 2 aromatic carbocycles. The van der Waals surface area contributed by atoms with E-state index in [0.29, 0.717) is 6.07 Å². The van der Waals surface area contributed by atoms with Gasteiger partial charge in [0.2, 0.25) is 0 Å². The predicted octanol–water partition coefficient (Wildman–Crippen LogP) is 3.06. The number of nitro benzene ring substituents is 1. The summed E-state index contributed by atoms with van der Waals surface area (Å²) in [6.45, 7) is 1.26. The SMILES string of the molecule is CC(OC(=O)c1ccc([N+](=O)[O-])cc1)C(=O)Nc1ccc(F)cc1F. The topological polar surface area (TPSA) is 98.5 Å². The van der Waals surface area contributed by atoms with Crippen LogP contribution < -0.4 is 5.32 Å². The number of non-ortho nitro benzene ring substituents is 1. The van der Waals surface area contributed by atoms with Crippen LogP contribution in [-0.2, 0) is 9.53 Å². The molecule has 1 amide bonds. The van der Waals surface area contributed by atoms with E-state index in [0.717, 1.165) is 24.3 Å². The standard InChI is InChI=1S/C16H12F2N2O5/c1-9(15(21)19-14-7-4-11(17)8-13(14)18)25-16(22)10-2-5-12(6-3-10)20(23)24/h2-9H,1H3,(H,19,21). The molecule has 9 heteroatoms. The number of hydrogen-bond donors (Lipinski definition) is 1. The van der Waals surface area contributed by atoms with Gasteiger partial charge in [-0.15, -0.1) is 0 Å². The molecule has 0 saturated heterocycles. The Kier molecular flexibility index (Phi) is 5.38. The zero-order valence-corrected chi connectivity index (χ0v) is 12.9. The molecule has 1 atom stereocenters. The number of rotatable bonds is 5. The van der Waals surface area contributed by atoms with Gasteiger partial charge in [-0.3, -0.25) is 14.9 Å². The van der Waals surface area contributed by atoms with E-state index in [1.165, 1.54) is 19.1 Å². The number of ether oxygens (including phenoxy) is 1. The van der Waals surface area contributed by atoms with Gasteiger partial charge < -0.3 is 10.1 Å². The lowest BCUT2D eigenvalue weighted by Crippen LogP contribution is -2.30. The molecule has 0 aliphatic heterocycles. The second kappa shape index (κ2) is 7.47. The summed E-state index contributed by atoms with van der Waals surface area (Å²) in [5, 5.41) is 12.7. The van der Waals surface area contributed by atoms with Crippen LogP contribution in [0.2, 0.25) is 0 Å². The van der Waals surface area contributed by atoms with Crippen molar-refractivity contribution in [2.45, 2.75) is 13.0 Å².